The van der Waals surface area contributed by atoms with Crippen molar-refractivity contribution < 1.29 is 4.74 Å². The number of hydrogen-bond acceptors (Lipinski definition) is 1. The maximum atomic E-state index is 5.28. The Kier molecular flexibility index (Phi) is 3.42. The summed E-state index contributed by atoms with van der Waals surface area (Å²) in [6, 6.07) is 0. The zero-order valence-corrected chi connectivity index (χ0v) is 8.37. The minimum Gasteiger partial charge on any atom is -0.370 e. The van der Waals surface area contributed by atoms with Crippen molar-refractivity contribution >= 4 is 0 Å². The first-order valence-corrected chi connectivity index (χ1v) is 5.77. The van der Waals surface area contributed by atoms with Gasteiger partial charge in [-0.25, -0.2) is 0 Å². The SMILES string of the molecule is C1=CCCCC1.C1CCC2OC2C1. The molecule has 2 unspecified atom stereocenters. The Morgan fingerprint density at radius 2 is 1.31 bits per heavy atom. The summed E-state index contributed by atoms with van der Waals surface area (Å²) in [7, 11) is 0. The van der Waals surface area contributed by atoms with Crippen LogP contribution in [-0.4, -0.2) is 12.2 Å². The Morgan fingerprint density at radius 1 is 0.769 bits per heavy atom. The number of epoxide rings is 1. The van der Waals surface area contributed by atoms with Crippen molar-refractivity contribution in [2.45, 2.75) is 63.6 Å². The second-order valence-electron chi connectivity index (χ2n) is 4.25. The summed E-state index contributed by atoms with van der Waals surface area (Å²) < 4.78 is 5.28. The van der Waals surface area contributed by atoms with Crippen LogP contribution in [0.2, 0.25) is 0 Å². The molecule has 1 heteroatoms. The van der Waals surface area contributed by atoms with Gasteiger partial charge in [0.1, 0.15) is 0 Å². The molecule has 0 aromatic rings. The third kappa shape index (κ3) is 3.15. The monoisotopic (exact) mass is 180 g/mol. The molecule has 3 aliphatic rings. The quantitative estimate of drug-likeness (QED) is 0.411. The van der Waals surface area contributed by atoms with E-state index in [2.05, 4.69) is 12.2 Å². The number of hydrogen-bond donors (Lipinski definition) is 0. The molecule has 0 aromatic carbocycles. The second kappa shape index (κ2) is 4.80. The van der Waals surface area contributed by atoms with Crippen molar-refractivity contribution in [2.75, 3.05) is 0 Å². The first-order chi connectivity index (χ1) is 6.47. The molecule has 1 nitrogen and oxygen atoms in total. The van der Waals surface area contributed by atoms with E-state index in [1.807, 2.05) is 0 Å². The predicted octanol–water partition coefficient (Wildman–Crippen LogP) is 3.44. The van der Waals surface area contributed by atoms with Crippen LogP contribution in [0.15, 0.2) is 12.2 Å². The van der Waals surface area contributed by atoms with Gasteiger partial charge in [0, 0.05) is 0 Å². The van der Waals surface area contributed by atoms with Crippen LogP contribution in [0.1, 0.15) is 51.4 Å². The summed E-state index contributed by atoms with van der Waals surface area (Å²) in [6.45, 7) is 0. The van der Waals surface area contributed by atoms with Crippen LogP contribution in [0.25, 0.3) is 0 Å². The van der Waals surface area contributed by atoms with E-state index in [9.17, 15) is 0 Å². The summed E-state index contributed by atoms with van der Waals surface area (Å²) in [5, 5.41) is 0. The fourth-order valence-corrected chi connectivity index (χ4v) is 2.14. The molecule has 1 heterocycles. The smallest absolute Gasteiger partial charge is 0.0841 e. The molecule has 0 amide bonds. The van der Waals surface area contributed by atoms with Crippen LogP contribution < -0.4 is 0 Å². The summed E-state index contributed by atoms with van der Waals surface area (Å²) in [5.74, 6) is 0. The molecule has 2 aliphatic carbocycles. The van der Waals surface area contributed by atoms with E-state index < -0.39 is 0 Å². The van der Waals surface area contributed by atoms with Crippen molar-refractivity contribution in [1.29, 1.82) is 0 Å². The Bertz CT molecular complexity index is 156. The van der Waals surface area contributed by atoms with Crippen molar-refractivity contribution in [3.8, 4) is 0 Å². The van der Waals surface area contributed by atoms with E-state index in [-0.39, 0.29) is 0 Å². The van der Waals surface area contributed by atoms with Crippen LogP contribution >= 0.6 is 0 Å². The molecule has 0 bridgehead atoms. The first kappa shape index (κ1) is 9.26. The normalized spacial score (nSPS) is 35.7. The van der Waals surface area contributed by atoms with Crippen LogP contribution in [0.5, 0.6) is 0 Å². The van der Waals surface area contributed by atoms with E-state index in [1.54, 1.807) is 0 Å². The molecule has 0 aromatic heterocycles. The van der Waals surface area contributed by atoms with Gasteiger partial charge in [0.25, 0.3) is 0 Å². The van der Waals surface area contributed by atoms with E-state index in [1.165, 1.54) is 51.4 Å². The maximum Gasteiger partial charge on any atom is 0.0841 e. The van der Waals surface area contributed by atoms with Gasteiger partial charge in [-0.1, -0.05) is 25.0 Å². The number of fused-ring (bicyclic) bond motifs is 1. The van der Waals surface area contributed by atoms with Crippen molar-refractivity contribution in [2.24, 2.45) is 0 Å². The van der Waals surface area contributed by atoms with Crippen LogP contribution in [-0.2, 0) is 4.74 Å². The average Bonchev–Trinajstić information content (AvgIpc) is 3.00. The van der Waals surface area contributed by atoms with Crippen LogP contribution in [0.3, 0.4) is 0 Å². The molecule has 0 spiro atoms. The Morgan fingerprint density at radius 3 is 1.62 bits per heavy atom. The van der Waals surface area contributed by atoms with Crippen molar-refractivity contribution in [1.82, 2.24) is 0 Å². The molecule has 2 fully saturated rings. The highest BCUT2D eigenvalue weighted by molar-refractivity contribution is 4.87. The van der Waals surface area contributed by atoms with Gasteiger partial charge in [0.05, 0.1) is 12.2 Å². The molecule has 1 saturated heterocycles. The standard InChI is InChI=1S/C6H10O.C6H10/c1-2-4-6-5(3-1)7-6;1-2-4-6-5-3-1/h5-6H,1-4H2;1-2H,3-6H2. The zero-order valence-electron chi connectivity index (χ0n) is 8.37. The Labute approximate surface area is 81.2 Å². The third-order valence-electron chi connectivity index (χ3n) is 3.07. The second-order valence-corrected chi connectivity index (χ2v) is 4.25. The summed E-state index contributed by atoms with van der Waals surface area (Å²) in [4.78, 5) is 0. The Hall–Kier alpha value is -0.300. The Balaban J connectivity index is 0.000000102. The third-order valence-corrected chi connectivity index (χ3v) is 3.07. The molecule has 3 rings (SSSR count). The van der Waals surface area contributed by atoms with Gasteiger partial charge in [0.2, 0.25) is 0 Å². The molecule has 74 valence electrons. The van der Waals surface area contributed by atoms with E-state index >= 15 is 0 Å². The maximum absolute atomic E-state index is 5.28. The average molecular weight is 180 g/mol. The largest absolute Gasteiger partial charge is 0.370 e. The van der Waals surface area contributed by atoms with Gasteiger partial charge in [-0.15, -0.1) is 0 Å². The molecule has 1 aliphatic heterocycles. The van der Waals surface area contributed by atoms with Gasteiger partial charge < -0.3 is 4.74 Å². The fraction of sp³-hybridized carbons (Fsp3) is 0.833. The van der Waals surface area contributed by atoms with Gasteiger partial charge in [-0.3, -0.25) is 0 Å². The van der Waals surface area contributed by atoms with Crippen molar-refractivity contribution in [3.63, 3.8) is 0 Å². The first-order valence-electron chi connectivity index (χ1n) is 5.77. The van der Waals surface area contributed by atoms with Crippen molar-refractivity contribution in [3.05, 3.63) is 12.2 Å². The lowest BCUT2D eigenvalue weighted by molar-refractivity contribution is 0.373. The molecular formula is C12H20O. The van der Waals surface area contributed by atoms with E-state index in [0.29, 0.717) is 12.2 Å². The van der Waals surface area contributed by atoms with Gasteiger partial charge >= 0.3 is 0 Å². The van der Waals surface area contributed by atoms with E-state index in [4.69, 9.17) is 4.74 Å². The van der Waals surface area contributed by atoms with Crippen LogP contribution in [0, 0.1) is 0 Å². The predicted molar refractivity (Wildman–Crippen MR) is 54.7 cm³/mol. The highest BCUT2D eigenvalue weighted by Crippen LogP contribution is 2.35. The number of rotatable bonds is 0. The lowest BCUT2D eigenvalue weighted by Gasteiger charge is -2.00. The molecule has 2 atom stereocenters. The van der Waals surface area contributed by atoms with Crippen LogP contribution in [0.4, 0.5) is 0 Å². The van der Waals surface area contributed by atoms with Gasteiger partial charge in [-0.2, -0.15) is 0 Å². The van der Waals surface area contributed by atoms with E-state index in [0.717, 1.165) is 0 Å². The van der Waals surface area contributed by atoms with Gasteiger partial charge in [0.15, 0.2) is 0 Å². The summed E-state index contributed by atoms with van der Waals surface area (Å²) >= 11 is 0. The van der Waals surface area contributed by atoms with Gasteiger partial charge in [-0.05, 0) is 38.5 Å². The highest BCUT2D eigenvalue weighted by atomic mass is 16.6. The lowest BCUT2D eigenvalue weighted by atomic mass is 10.0. The topological polar surface area (TPSA) is 12.5 Å². The minimum atomic E-state index is 0.703. The molecule has 13 heavy (non-hydrogen) atoms. The lowest BCUT2D eigenvalue weighted by Crippen LogP contribution is -2.00. The number of ether oxygens (including phenoxy) is 1. The molecular weight excluding hydrogens is 160 g/mol. The minimum absolute atomic E-state index is 0.703. The highest BCUT2D eigenvalue weighted by Gasteiger charge is 2.39. The molecule has 0 N–H and O–H groups in total. The summed E-state index contributed by atoms with van der Waals surface area (Å²) in [5.41, 5.74) is 0. The fourth-order valence-electron chi connectivity index (χ4n) is 2.14. The molecule has 1 saturated carbocycles. The zero-order chi connectivity index (χ0) is 8.93. The summed E-state index contributed by atoms with van der Waals surface area (Å²) in [6.07, 6.45) is 16.9. The molecule has 0 radical (unpaired) electrons. The number of allylic oxidation sites excluding steroid dienone is 2.